The highest BCUT2D eigenvalue weighted by Gasteiger charge is 2.17. The Morgan fingerprint density at radius 3 is 1.23 bits per heavy atom. The molecule has 0 aliphatic rings. The van der Waals surface area contributed by atoms with Crippen LogP contribution in [0.3, 0.4) is 0 Å². The van der Waals surface area contributed by atoms with Crippen molar-refractivity contribution in [3.63, 3.8) is 0 Å². The Hall–Kier alpha value is -1.65. The van der Waals surface area contributed by atoms with Gasteiger partial charge in [-0.3, -0.25) is 4.79 Å². The normalized spacial score (nSPS) is 13.4. The van der Waals surface area contributed by atoms with E-state index in [-0.39, 0.29) is 12.5 Å². The fraction of sp³-hybridized carbons (Fsp3) is 0.812. The van der Waals surface area contributed by atoms with E-state index in [1.54, 1.807) is 6.08 Å². The number of rotatable bonds is 41. The molecule has 3 N–H and O–H groups in total. The van der Waals surface area contributed by atoms with E-state index >= 15 is 0 Å². The number of unbranched alkanes of at least 4 members (excludes halogenated alkanes) is 28. The number of amides is 1. The summed E-state index contributed by atoms with van der Waals surface area (Å²) in [4.78, 5) is 12.4. The van der Waals surface area contributed by atoms with Crippen molar-refractivity contribution in [2.45, 2.75) is 244 Å². The molecule has 0 heterocycles. The molecular weight excluding hydrogens is 639 g/mol. The summed E-state index contributed by atoms with van der Waals surface area (Å²) in [6.07, 6.45) is 59.5. The van der Waals surface area contributed by atoms with E-state index in [4.69, 9.17) is 0 Å². The highest BCUT2D eigenvalue weighted by atomic mass is 16.3. The molecule has 0 radical (unpaired) electrons. The summed E-state index contributed by atoms with van der Waals surface area (Å²) in [5.41, 5.74) is 0. The molecule has 1 amide bonds. The number of aliphatic hydroxyl groups excluding tert-OH is 2. The summed E-state index contributed by atoms with van der Waals surface area (Å²) in [6.45, 7) is 4.27. The average molecular weight is 728 g/mol. The van der Waals surface area contributed by atoms with E-state index < -0.39 is 12.1 Å². The number of carbonyl (C=O) groups is 1. The number of carbonyl (C=O) groups excluding carboxylic acids is 1. The Morgan fingerprint density at radius 1 is 0.462 bits per heavy atom. The standard InChI is InChI=1S/C48H89NO3/c1-3-5-7-9-11-13-15-16-17-18-19-20-21-22-23-24-25-26-27-28-29-30-31-32-34-36-38-40-42-44-48(52)49-46(45-50)47(51)43-41-39-37-35-33-14-12-10-8-6-4-2/h19-20,22-23,33,35,41,43,46-47,50-51H,3-18,21,24-32,34,36-40,42,44-45H2,1-2H3,(H,49,52)/b20-19-,23-22-,35-33+,43-41+. The van der Waals surface area contributed by atoms with Crippen molar-refractivity contribution in [3.05, 3.63) is 48.6 Å². The van der Waals surface area contributed by atoms with Crippen LogP contribution in [0, 0.1) is 0 Å². The van der Waals surface area contributed by atoms with Gasteiger partial charge in [0.15, 0.2) is 0 Å². The van der Waals surface area contributed by atoms with Crippen LogP contribution in [0.25, 0.3) is 0 Å². The lowest BCUT2D eigenvalue weighted by Gasteiger charge is -2.19. The summed E-state index contributed by atoms with van der Waals surface area (Å²) in [5, 5.41) is 22.9. The van der Waals surface area contributed by atoms with Crippen molar-refractivity contribution in [2.75, 3.05) is 6.61 Å². The van der Waals surface area contributed by atoms with Gasteiger partial charge in [0.25, 0.3) is 0 Å². The Labute approximate surface area is 324 Å². The molecule has 0 rings (SSSR count). The Balaban J connectivity index is 3.51. The maximum atomic E-state index is 12.4. The van der Waals surface area contributed by atoms with Gasteiger partial charge in [-0.1, -0.05) is 210 Å². The van der Waals surface area contributed by atoms with Crippen LogP contribution < -0.4 is 5.32 Å². The van der Waals surface area contributed by atoms with Gasteiger partial charge in [-0.2, -0.15) is 0 Å². The minimum atomic E-state index is -0.861. The Morgan fingerprint density at radius 2 is 0.808 bits per heavy atom. The van der Waals surface area contributed by atoms with Crippen molar-refractivity contribution in [1.82, 2.24) is 5.32 Å². The fourth-order valence-electron chi connectivity index (χ4n) is 6.75. The average Bonchev–Trinajstić information content (AvgIpc) is 3.15. The lowest BCUT2D eigenvalue weighted by atomic mass is 10.0. The summed E-state index contributed by atoms with van der Waals surface area (Å²) < 4.78 is 0. The van der Waals surface area contributed by atoms with Crippen LogP contribution in [0.15, 0.2) is 48.6 Å². The molecule has 0 bridgehead atoms. The summed E-state index contributed by atoms with van der Waals surface area (Å²) in [7, 11) is 0. The maximum absolute atomic E-state index is 12.4. The van der Waals surface area contributed by atoms with E-state index in [1.807, 2.05) is 6.08 Å². The van der Waals surface area contributed by atoms with Crippen LogP contribution in [0.5, 0.6) is 0 Å². The molecule has 52 heavy (non-hydrogen) atoms. The van der Waals surface area contributed by atoms with Gasteiger partial charge in [-0.15, -0.1) is 0 Å². The van der Waals surface area contributed by atoms with Crippen molar-refractivity contribution in [1.29, 1.82) is 0 Å². The van der Waals surface area contributed by atoms with Gasteiger partial charge >= 0.3 is 0 Å². The minimum absolute atomic E-state index is 0.0766. The zero-order chi connectivity index (χ0) is 37.8. The lowest BCUT2D eigenvalue weighted by molar-refractivity contribution is -0.123. The zero-order valence-corrected chi connectivity index (χ0v) is 34.8. The molecule has 0 aromatic carbocycles. The lowest BCUT2D eigenvalue weighted by Crippen LogP contribution is -2.45. The number of nitrogens with one attached hydrogen (secondary N) is 1. The first-order valence-electron chi connectivity index (χ1n) is 22.9. The number of hydrogen-bond acceptors (Lipinski definition) is 3. The largest absolute Gasteiger partial charge is 0.394 e. The van der Waals surface area contributed by atoms with Crippen molar-refractivity contribution >= 4 is 5.91 Å². The van der Waals surface area contributed by atoms with Gasteiger partial charge in [0, 0.05) is 6.42 Å². The van der Waals surface area contributed by atoms with Crippen molar-refractivity contribution in [2.24, 2.45) is 0 Å². The van der Waals surface area contributed by atoms with Gasteiger partial charge in [0.1, 0.15) is 0 Å². The fourth-order valence-corrected chi connectivity index (χ4v) is 6.75. The molecule has 0 spiro atoms. The Kier molecular flexibility index (Phi) is 42.4. The van der Waals surface area contributed by atoms with E-state index in [2.05, 4.69) is 55.6 Å². The molecule has 0 aromatic heterocycles. The summed E-state index contributed by atoms with van der Waals surface area (Å²) >= 11 is 0. The predicted molar refractivity (Wildman–Crippen MR) is 230 cm³/mol. The second kappa shape index (κ2) is 43.8. The molecule has 2 atom stereocenters. The molecule has 0 aliphatic heterocycles. The van der Waals surface area contributed by atoms with Crippen LogP contribution in [-0.2, 0) is 4.79 Å². The minimum Gasteiger partial charge on any atom is -0.394 e. The van der Waals surface area contributed by atoms with Gasteiger partial charge in [0.2, 0.25) is 5.91 Å². The van der Waals surface area contributed by atoms with Gasteiger partial charge in [-0.25, -0.2) is 0 Å². The van der Waals surface area contributed by atoms with E-state index in [0.29, 0.717) is 6.42 Å². The van der Waals surface area contributed by atoms with E-state index in [9.17, 15) is 15.0 Å². The van der Waals surface area contributed by atoms with Crippen LogP contribution >= 0.6 is 0 Å². The Bertz CT molecular complexity index is 831. The van der Waals surface area contributed by atoms with Crippen LogP contribution in [0.4, 0.5) is 0 Å². The highest BCUT2D eigenvalue weighted by Crippen LogP contribution is 2.15. The highest BCUT2D eigenvalue weighted by molar-refractivity contribution is 5.76. The molecule has 0 fully saturated rings. The quantitative estimate of drug-likeness (QED) is 0.0434. The SMILES string of the molecule is CCCCCCC/C=C/CC/C=C/C(O)C(CO)NC(=O)CCCCCCCCCCCCCCC/C=C\C/C=C\CCCCCCCCCCC. The molecule has 0 saturated heterocycles. The van der Waals surface area contributed by atoms with E-state index in [1.165, 1.54) is 173 Å². The topological polar surface area (TPSA) is 69.6 Å². The van der Waals surface area contributed by atoms with E-state index in [0.717, 1.165) is 38.5 Å². The molecule has 2 unspecified atom stereocenters. The van der Waals surface area contributed by atoms with Crippen LogP contribution in [-0.4, -0.2) is 34.9 Å². The molecule has 0 saturated carbocycles. The molecular formula is C48H89NO3. The van der Waals surface area contributed by atoms with Gasteiger partial charge in [-0.05, 0) is 64.2 Å². The molecule has 4 heteroatoms. The van der Waals surface area contributed by atoms with Crippen LogP contribution in [0.2, 0.25) is 0 Å². The van der Waals surface area contributed by atoms with Crippen LogP contribution in [0.1, 0.15) is 232 Å². The molecule has 304 valence electrons. The number of allylic oxidation sites excluding steroid dienone is 7. The smallest absolute Gasteiger partial charge is 0.220 e. The summed E-state index contributed by atoms with van der Waals surface area (Å²) in [6, 6.07) is -0.638. The summed E-state index contributed by atoms with van der Waals surface area (Å²) in [5.74, 6) is -0.0766. The first-order chi connectivity index (χ1) is 25.7. The third-order valence-corrected chi connectivity index (χ3v) is 10.3. The number of aliphatic hydroxyl groups is 2. The number of hydrogen-bond donors (Lipinski definition) is 3. The van der Waals surface area contributed by atoms with Crippen molar-refractivity contribution in [3.8, 4) is 0 Å². The molecule has 0 aromatic rings. The maximum Gasteiger partial charge on any atom is 0.220 e. The third-order valence-electron chi connectivity index (χ3n) is 10.3. The first kappa shape index (κ1) is 50.4. The molecule has 4 nitrogen and oxygen atoms in total. The van der Waals surface area contributed by atoms with Crippen molar-refractivity contribution < 1.29 is 15.0 Å². The monoisotopic (exact) mass is 728 g/mol. The predicted octanol–water partition coefficient (Wildman–Crippen LogP) is 14.4. The van der Waals surface area contributed by atoms with Gasteiger partial charge < -0.3 is 15.5 Å². The second-order valence-corrected chi connectivity index (χ2v) is 15.5. The molecule has 0 aliphatic carbocycles. The zero-order valence-electron chi connectivity index (χ0n) is 34.8. The third kappa shape index (κ3) is 39.6. The second-order valence-electron chi connectivity index (χ2n) is 15.5. The first-order valence-corrected chi connectivity index (χ1v) is 22.9. The van der Waals surface area contributed by atoms with Gasteiger partial charge in [0.05, 0.1) is 18.8 Å².